The lowest BCUT2D eigenvalue weighted by Gasteiger charge is -2.21. The van der Waals surface area contributed by atoms with Gasteiger partial charge in [-0.15, -0.1) is 0 Å². The monoisotopic (exact) mass is 320 g/mol. The number of amides is 2. The Hall–Kier alpha value is -3.08. The van der Waals surface area contributed by atoms with Gasteiger partial charge in [0.2, 0.25) is 0 Å². The zero-order chi connectivity index (χ0) is 16.8. The number of aromatic amines is 1. The summed E-state index contributed by atoms with van der Waals surface area (Å²) in [6.07, 6.45) is 3.61. The van der Waals surface area contributed by atoms with E-state index in [1.54, 1.807) is 11.1 Å². The van der Waals surface area contributed by atoms with Crippen LogP contribution < -0.4 is 5.32 Å². The SMILES string of the molecule is CCN(Cc1ccccc1)C(=O)Nc1ccc(-c2cn[nH]c2)cc1. The number of nitrogens with zero attached hydrogens (tertiary/aromatic N) is 2. The molecule has 1 aromatic heterocycles. The number of H-pyrrole nitrogens is 1. The normalized spacial score (nSPS) is 10.4. The van der Waals surface area contributed by atoms with E-state index in [1.807, 2.05) is 67.7 Å². The standard InChI is InChI=1S/C19H20N4O/c1-2-23(14-15-6-4-3-5-7-15)19(24)22-18-10-8-16(9-11-18)17-12-20-21-13-17/h3-13H,2,14H2,1H3,(H,20,21)(H,22,24). The Bertz CT molecular complexity index is 767. The van der Waals surface area contributed by atoms with Crippen molar-refractivity contribution in [1.29, 1.82) is 0 Å². The first-order valence-corrected chi connectivity index (χ1v) is 7.95. The van der Waals surface area contributed by atoms with E-state index in [1.165, 1.54) is 0 Å². The summed E-state index contributed by atoms with van der Waals surface area (Å²) < 4.78 is 0. The van der Waals surface area contributed by atoms with Gasteiger partial charge in [-0.1, -0.05) is 42.5 Å². The first-order chi connectivity index (χ1) is 11.8. The highest BCUT2D eigenvalue weighted by Crippen LogP contribution is 2.20. The molecule has 3 aromatic rings. The third-order valence-corrected chi connectivity index (χ3v) is 3.85. The molecule has 0 saturated heterocycles. The molecular formula is C19H20N4O. The van der Waals surface area contributed by atoms with Crippen molar-refractivity contribution in [3.63, 3.8) is 0 Å². The number of carbonyl (C=O) groups excluding carboxylic acids is 1. The van der Waals surface area contributed by atoms with Crippen molar-refractivity contribution in [2.24, 2.45) is 0 Å². The zero-order valence-electron chi connectivity index (χ0n) is 13.6. The summed E-state index contributed by atoms with van der Waals surface area (Å²) in [5.41, 5.74) is 3.97. The van der Waals surface area contributed by atoms with Crippen molar-refractivity contribution in [1.82, 2.24) is 15.1 Å². The number of nitrogens with one attached hydrogen (secondary N) is 2. The van der Waals surface area contributed by atoms with Crippen LogP contribution in [0, 0.1) is 0 Å². The van der Waals surface area contributed by atoms with Crippen molar-refractivity contribution >= 4 is 11.7 Å². The number of rotatable bonds is 5. The third-order valence-electron chi connectivity index (χ3n) is 3.85. The molecule has 0 unspecified atom stereocenters. The van der Waals surface area contributed by atoms with E-state index in [2.05, 4.69) is 15.5 Å². The fourth-order valence-electron chi connectivity index (χ4n) is 2.49. The van der Waals surface area contributed by atoms with Gasteiger partial charge >= 0.3 is 6.03 Å². The molecule has 24 heavy (non-hydrogen) atoms. The Morgan fingerprint density at radius 1 is 1.08 bits per heavy atom. The quantitative estimate of drug-likeness (QED) is 0.742. The summed E-state index contributed by atoms with van der Waals surface area (Å²) in [5.74, 6) is 0. The molecule has 0 saturated carbocycles. The van der Waals surface area contributed by atoms with E-state index in [9.17, 15) is 4.79 Å². The van der Waals surface area contributed by atoms with E-state index < -0.39 is 0 Å². The van der Waals surface area contributed by atoms with Crippen LogP contribution in [-0.4, -0.2) is 27.7 Å². The zero-order valence-corrected chi connectivity index (χ0v) is 13.6. The minimum Gasteiger partial charge on any atom is -0.320 e. The third kappa shape index (κ3) is 3.81. The number of hydrogen-bond donors (Lipinski definition) is 2. The molecule has 0 radical (unpaired) electrons. The Balaban J connectivity index is 1.64. The summed E-state index contributed by atoms with van der Waals surface area (Å²) in [6, 6.07) is 17.6. The average molecular weight is 320 g/mol. The van der Waals surface area contributed by atoms with Crippen molar-refractivity contribution in [3.05, 3.63) is 72.6 Å². The van der Waals surface area contributed by atoms with Crippen LogP contribution in [0.1, 0.15) is 12.5 Å². The van der Waals surface area contributed by atoms with Crippen LogP contribution in [0.4, 0.5) is 10.5 Å². The molecule has 0 fully saturated rings. The molecule has 0 aliphatic rings. The molecule has 2 amide bonds. The number of aromatic nitrogens is 2. The minimum absolute atomic E-state index is 0.0996. The fourth-order valence-corrected chi connectivity index (χ4v) is 2.49. The topological polar surface area (TPSA) is 61.0 Å². The summed E-state index contributed by atoms with van der Waals surface area (Å²) in [6.45, 7) is 3.22. The predicted octanol–water partition coefficient (Wildman–Crippen LogP) is 4.13. The van der Waals surface area contributed by atoms with Crippen molar-refractivity contribution in [2.75, 3.05) is 11.9 Å². The van der Waals surface area contributed by atoms with Crippen LogP contribution in [0.25, 0.3) is 11.1 Å². The molecule has 5 nitrogen and oxygen atoms in total. The highest BCUT2D eigenvalue weighted by atomic mass is 16.2. The molecule has 5 heteroatoms. The maximum absolute atomic E-state index is 12.5. The summed E-state index contributed by atoms with van der Waals surface area (Å²) in [7, 11) is 0. The molecule has 0 bridgehead atoms. The van der Waals surface area contributed by atoms with Gasteiger partial charge in [0, 0.05) is 30.5 Å². The molecule has 3 rings (SSSR count). The van der Waals surface area contributed by atoms with Gasteiger partial charge in [-0.05, 0) is 30.2 Å². The number of urea groups is 1. The first-order valence-electron chi connectivity index (χ1n) is 7.95. The van der Waals surface area contributed by atoms with E-state index in [4.69, 9.17) is 0 Å². The smallest absolute Gasteiger partial charge is 0.320 e. The summed E-state index contributed by atoms with van der Waals surface area (Å²) in [4.78, 5) is 14.2. The van der Waals surface area contributed by atoms with Gasteiger partial charge in [-0.25, -0.2) is 4.79 Å². The molecule has 0 atom stereocenters. The molecule has 0 aliphatic carbocycles. The van der Waals surface area contributed by atoms with Gasteiger partial charge in [-0.2, -0.15) is 5.10 Å². The Kier molecular flexibility index (Phi) is 4.91. The van der Waals surface area contributed by atoms with Crippen LogP contribution in [0.3, 0.4) is 0 Å². The molecule has 0 spiro atoms. The maximum Gasteiger partial charge on any atom is 0.322 e. The van der Waals surface area contributed by atoms with Gasteiger partial charge in [0.05, 0.1) is 6.20 Å². The lowest BCUT2D eigenvalue weighted by molar-refractivity contribution is 0.212. The van der Waals surface area contributed by atoms with E-state index in [-0.39, 0.29) is 6.03 Å². The van der Waals surface area contributed by atoms with Gasteiger partial charge in [-0.3, -0.25) is 5.10 Å². The van der Waals surface area contributed by atoms with E-state index >= 15 is 0 Å². The highest BCUT2D eigenvalue weighted by molar-refractivity contribution is 5.89. The average Bonchev–Trinajstić information content (AvgIpc) is 3.16. The molecule has 1 heterocycles. The number of benzene rings is 2. The molecule has 2 N–H and O–H groups in total. The predicted molar refractivity (Wildman–Crippen MR) is 95.6 cm³/mol. The summed E-state index contributed by atoms with van der Waals surface area (Å²) >= 11 is 0. The largest absolute Gasteiger partial charge is 0.322 e. The lowest BCUT2D eigenvalue weighted by atomic mass is 10.1. The van der Waals surface area contributed by atoms with Crippen LogP contribution in [0.15, 0.2) is 67.0 Å². The van der Waals surface area contributed by atoms with Gasteiger partial charge < -0.3 is 10.2 Å². The van der Waals surface area contributed by atoms with E-state index in [0.717, 1.165) is 22.4 Å². The molecule has 0 aliphatic heterocycles. The Morgan fingerprint density at radius 2 is 1.83 bits per heavy atom. The second-order valence-corrected chi connectivity index (χ2v) is 5.49. The molecular weight excluding hydrogens is 300 g/mol. The van der Waals surface area contributed by atoms with Crippen molar-refractivity contribution in [3.8, 4) is 11.1 Å². The number of hydrogen-bond acceptors (Lipinski definition) is 2. The van der Waals surface area contributed by atoms with Crippen LogP contribution in [0.2, 0.25) is 0 Å². The van der Waals surface area contributed by atoms with Gasteiger partial charge in [0.25, 0.3) is 0 Å². The lowest BCUT2D eigenvalue weighted by Crippen LogP contribution is -2.34. The maximum atomic E-state index is 12.5. The number of carbonyl (C=O) groups is 1. The van der Waals surface area contributed by atoms with Crippen LogP contribution in [0.5, 0.6) is 0 Å². The fraction of sp³-hybridized carbons (Fsp3) is 0.158. The van der Waals surface area contributed by atoms with E-state index in [0.29, 0.717) is 13.1 Å². The molecule has 2 aromatic carbocycles. The first kappa shape index (κ1) is 15.8. The van der Waals surface area contributed by atoms with Crippen molar-refractivity contribution in [2.45, 2.75) is 13.5 Å². The highest BCUT2D eigenvalue weighted by Gasteiger charge is 2.12. The second kappa shape index (κ2) is 7.46. The van der Waals surface area contributed by atoms with Gasteiger partial charge in [0.15, 0.2) is 0 Å². The summed E-state index contributed by atoms with van der Waals surface area (Å²) in [5, 5.41) is 9.69. The Morgan fingerprint density at radius 3 is 2.46 bits per heavy atom. The van der Waals surface area contributed by atoms with Gasteiger partial charge in [0.1, 0.15) is 0 Å². The van der Waals surface area contributed by atoms with Crippen LogP contribution in [-0.2, 0) is 6.54 Å². The minimum atomic E-state index is -0.0996. The Labute approximate surface area is 141 Å². The molecule has 122 valence electrons. The second-order valence-electron chi connectivity index (χ2n) is 5.49. The van der Waals surface area contributed by atoms with Crippen LogP contribution >= 0.6 is 0 Å². The number of anilines is 1. The van der Waals surface area contributed by atoms with Crippen molar-refractivity contribution < 1.29 is 4.79 Å².